The van der Waals surface area contributed by atoms with Gasteiger partial charge in [0.2, 0.25) is 0 Å². The summed E-state index contributed by atoms with van der Waals surface area (Å²) >= 11 is 0. The number of carboxylic acids is 1. The summed E-state index contributed by atoms with van der Waals surface area (Å²) < 4.78 is 0. The number of rotatable bonds is 1. The van der Waals surface area contributed by atoms with E-state index in [1.54, 1.807) is 0 Å². The standard InChI is InChI=1S/C7H6O3.3H2O.Zn/c8-6-4-2-1-3-5(6)7(9)10;;;;/h1-4,8H,(H,9,10);3*1H2;/q;;;;+2/p-1. The van der Waals surface area contributed by atoms with Gasteiger partial charge >= 0.3 is 25.4 Å². The van der Waals surface area contributed by atoms with Crippen molar-refractivity contribution in [3.63, 3.8) is 0 Å². The molecule has 7 heteroatoms. The van der Waals surface area contributed by atoms with Crippen molar-refractivity contribution in [1.82, 2.24) is 0 Å². The summed E-state index contributed by atoms with van der Waals surface area (Å²) in [6, 6.07) is 5.54. The average Bonchev–Trinajstić information content (AvgIpc) is 1.88. The first-order valence-electron chi connectivity index (χ1n) is 2.71. The molecule has 1 aromatic rings. The van der Waals surface area contributed by atoms with Gasteiger partial charge in [-0.2, -0.15) is 0 Å². The van der Waals surface area contributed by atoms with Crippen molar-refractivity contribution in [3.8, 4) is 5.75 Å². The van der Waals surface area contributed by atoms with Crippen LogP contribution in [0.3, 0.4) is 0 Å². The molecule has 0 spiro atoms. The molecule has 0 saturated carbocycles. The first kappa shape index (κ1) is 23.1. The molecule has 0 aromatic heterocycles. The van der Waals surface area contributed by atoms with Crippen LogP contribution in [-0.4, -0.2) is 27.5 Å². The number of aromatic carboxylic acids is 1. The van der Waals surface area contributed by atoms with Gasteiger partial charge in [-0.25, -0.2) is 4.79 Å². The van der Waals surface area contributed by atoms with Gasteiger partial charge < -0.3 is 26.6 Å². The van der Waals surface area contributed by atoms with Gasteiger partial charge in [0.25, 0.3) is 0 Å². The molecule has 0 unspecified atom stereocenters. The van der Waals surface area contributed by atoms with E-state index in [9.17, 15) is 9.90 Å². The number of hydrogen-bond donors (Lipinski definition) is 1. The minimum Gasteiger partial charge on any atom is -0.872 e. The van der Waals surface area contributed by atoms with Crippen LogP contribution >= 0.6 is 0 Å². The predicted octanol–water partition coefficient (Wildman–Crippen LogP) is -2.02. The van der Waals surface area contributed by atoms with Crippen molar-refractivity contribution in [2.75, 3.05) is 0 Å². The summed E-state index contributed by atoms with van der Waals surface area (Å²) in [5, 5.41) is 19.0. The summed E-state index contributed by atoms with van der Waals surface area (Å²) in [5.41, 5.74) is -0.178. The second-order valence-electron chi connectivity index (χ2n) is 1.80. The molecule has 1 rings (SSSR count). The first-order chi connectivity index (χ1) is 4.72. The third-order valence-corrected chi connectivity index (χ3v) is 1.12. The Labute approximate surface area is 92.9 Å². The molecule has 0 atom stereocenters. The summed E-state index contributed by atoms with van der Waals surface area (Å²) in [4.78, 5) is 10.2. The number of carbonyl (C=O) groups is 1. The first-order valence-corrected chi connectivity index (χ1v) is 2.71. The second kappa shape index (κ2) is 10.1. The third-order valence-electron chi connectivity index (χ3n) is 1.12. The van der Waals surface area contributed by atoms with E-state index in [1.165, 1.54) is 24.3 Å². The van der Waals surface area contributed by atoms with Gasteiger partial charge in [-0.1, -0.05) is 23.9 Å². The van der Waals surface area contributed by atoms with E-state index in [2.05, 4.69) is 0 Å². The van der Waals surface area contributed by atoms with Crippen LogP contribution in [-0.2, 0) is 19.5 Å². The Morgan fingerprint density at radius 3 is 1.86 bits per heavy atom. The molecule has 14 heavy (non-hydrogen) atoms. The van der Waals surface area contributed by atoms with E-state index in [1.807, 2.05) is 0 Å². The molecule has 6 nitrogen and oxygen atoms in total. The summed E-state index contributed by atoms with van der Waals surface area (Å²) in [5.74, 6) is -1.62. The maximum Gasteiger partial charge on any atom is 2.00 e. The maximum absolute atomic E-state index is 10.7. The van der Waals surface area contributed by atoms with Gasteiger partial charge in [-0.15, -0.1) is 0 Å². The SMILES string of the molecule is O.O.O.O=C(O)c1ccccc1[O-].[Zn+2]. The van der Waals surface area contributed by atoms with Crippen LogP contribution in [0.5, 0.6) is 5.75 Å². The van der Waals surface area contributed by atoms with Crippen molar-refractivity contribution in [3.05, 3.63) is 29.8 Å². The predicted molar refractivity (Wildman–Crippen MR) is 43.7 cm³/mol. The minimum atomic E-state index is -1.18. The molecule has 1 aromatic carbocycles. The molecule has 0 fully saturated rings. The van der Waals surface area contributed by atoms with E-state index in [0.717, 1.165) is 0 Å². The molecule has 0 amide bonds. The fraction of sp³-hybridized carbons (Fsp3) is 0. The van der Waals surface area contributed by atoms with Crippen molar-refractivity contribution >= 4 is 5.97 Å². The molecular weight excluding hydrogens is 245 g/mol. The van der Waals surface area contributed by atoms with Gasteiger partial charge in [0.15, 0.2) is 0 Å². The van der Waals surface area contributed by atoms with E-state index in [0.29, 0.717) is 0 Å². The van der Waals surface area contributed by atoms with E-state index in [4.69, 9.17) is 5.11 Å². The van der Waals surface area contributed by atoms with Gasteiger partial charge in [-0.05, 0) is 6.07 Å². The number of hydrogen-bond acceptors (Lipinski definition) is 2. The third kappa shape index (κ3) is 5.61. The van der Waals surface area contributed by atoms with Crippen LogP contribution in [0.15, 0.2) is 24.3 Å². The Balaban J connectivity index is -0.000000125. The quantitative estimate of drug-likeness (QED) is 0.576. The van der Waals surface area contributed by atoms with Crippen LogP contribution in [0.25, 0.3) is 0 Å². The summed E-state index contributed by atoms with van der Waals surface area (Å²) in [7, 11) is 0. The number of carboxylic acid groups (broad SMARTS) is 1. The molecule has 0 aliphatic carbocycles. The number of para-hydroxylation sites is 1. The van der Waals surface area contributed by atoms with Crippen LogP contribution in [0.2, 0.25) is 0 Å². The molecule has 0 heterocycles. The normalized spacial score (nSPS) is 6.57. The molecule has 0 radical (unpaired) electrons. The van der Waals surface area contributed by atoms with Gasteiger partial charge in [0, 0.05) is 0 Å². The zero-order valence-electron chi connectivity index (χ0n) is 7.28. The second-order valence-corrected chi connectivity index (χ2v) is 1.80. The fourth-order valence-corrected chi connectivity index (χ4v) is 0.643. The van der Waals surface area contributed by atoms with E-state index < -0.39 is 11.7 Å². The zero-order chi connectivity index (χ0) is 7.56. The van der Waals surface area contributed by atoms with E-state index >= 15 is 0 Å². The molecule has 0 bridgehead atoms. The Morgan fingerprint density at radius 2 is 1.57 bits per heavy atom. The smallest absolute Gasteiger partial charge is 0.872 e. The summed E-state index contributed by atoms with van der Waals surface area (Å²) in [6.45, 7) is 0. The molecular formula is C7H11O6Zn+. The molecule has 0 saturated heterocycles. The van der Waals surface area contributed by atoms with Crippen molar-refractivity contribution in [2.24, 2.45) is 0 Å². The van der Waals surface area contributed by atoms with Crippen molar-refractivity contribution < 1.29 is 50.9 Å². The van der Waals surface area contributed by atoms with Gasteiger partial charge in [0.1, 0.15) is 0 Å². The maximum atomic E-state index is 10.7. The molecule has 0 aliphatic heterocycles. The van der Waals surface area contributed by atoms with E-state index in [-0.39, 0.29) is 41.5 Å². The summed E-state index contributed by atoms with van der Waals surface area (Å²) in [6.07, 6.45) is 0. The van der Waals surface area contributed by atoms with Crippen LogP contribution in [0.4, 0.5) is 0 Å². The van der Waals surface area contributed by atoms with Gasteiger partial charge in [-0.3, -0.25) is 0 Å². The van der Waals surface area contributed by atoms with Crippen LogP contribution < -0.4 is 5.11 Å². The fourth-order valence-electron chi connectivity index (χ4n) is 0.643. The average molecular weight is 257 g/mol. The monoisotopic (exact) mass is 255 g/mol. The van der Waals surface area contributed by atoms with Crippen LogP contribution in [0.1, 0.15) is 10.4 Å². The van der Waals surface area contributed by atoms with Gasteiger partial charge in [0.05, 0.1) is 5.56 Å². The Hall–Kier alpha value is -1.01. The Kier molecular flexibility index (Phi) is 16.6. The number of benzene rings is 1. The Bertz CT molecular complexity index is 264. The molecule has 76 valence electrons. The molecule has 0 aliphatic rings. The Morgan fingerprint density at radius 1 is 1.14 bits per heavy atom. The van der Waals surface area contributed by atoms with Crippen LogP contribution in [0, 0.1) is 0 Å². The van der Waals surface area contributed by atoms with Crippen molar-refractivity contribution in [2.45, 2.75) is 0 Å². The topological polar surface area (TPSA) is 155 Å². The minimum absolute atomic E-state index is 0. The molecule has 7 N–H and O–H groups in total. The van der Waals surface area contributed by atoms with Crippen molar-refractivity contribution in [1.29, 1.82) is 0 Å². The largest absolute Gasteiger partial charge is 2.00 e. The zero-order valence-corrected chi connectivity index (χ0v) is 10.2.